The van der Waals surface area contributed by atoms with Gasteiger partial charge in [0.15, 0.2) is 16.6 Å². The van der Waals surface area contributed by atoms with Gasteiger partial charge in [0, 0.05) is 11.8 Å². The van der Waals surface area contributed by atoms with E-state index in [-0.39, 0.29) is 50.9 Å². The number of nitrogens with zero attached hydrogens (tertiary/aromatic N) is 3. The molecule has 274 valence electrons. The average Bonchev–Trinajstić information content (AvgIpc) is 3.50. The topological polar surface area (TPSA) is 67.4 Å². The Morgan fingerprint density at radius 2 is 1.42 bits per heavy atom. The highest BCUT2D eigenvalue weighted by molar-refractivity contribution is 6.74. The van der Waals surface area contributed by atoms with Crippen molar-refractivity contribution in [1.29, 1.82) is 0 Å². The van der Waals surface area contributed by atoms with E-state index in [9.17, 15) is 0 Å². The van der Waals surface area contributed by atoms with Crippen LogP contribution in [0, 0.1) is 22.7 Å². The van der Waals surface area contributed by atoms with Crippen molar-refractivity contribution in [3.63, 3.8) is 0 Å². The Kier molecular flexibility index (Phi) is 7.90. The van der Waals surface area contributed by atoms with Crippen LogP contribution in [-0.4, -0.2) is 42.8 Å². The van der Waals surface area contributed by atoms with Gasteiger partial charge in [-0.15, -0.1) is 0 Å². The number of rotatable bonds is 5. The minimum atomic E-state index is -2.29. The molecular weight excluding hydrogens is 655 g/mol. The highest BCUT2D eigenvalue weighted by Crippen LogP contribution is 2.74. The van der Waals surface area contributed by atoms with Crippen molar-refractivity contribution in [3.8, 4) is 5.69 Å². The molecule has 6 aliphatic rings. The summed E-state index contributed by atoms with van der Waals surface area (Å²) in [6.45, 7) is 30.3. The number of benzene rings is 1. The van der Waals surface area contributed by atoms with Gasteiger partial charge in [0.25, 0.3) is 0 Å². The molecular formula is C41H63N3O4Si2. The fourth-order valence-electron chi connectivity index (χ4n) is 11.1. The number of hydrogen-bond acceptors (Lipinski definition) is 4. The molecule has 3 fully saturated rings. The molecule has 8 rings (SSSR count). The van der Waals surface area contributed by atoms with Gasteiger partial charge in [-0.25, -0.2) is 23.5 Å². The lowest BCUT2D eigenvalue weighted by Gasteiger charge is -2.73. The van der Waals surface area contributed by atoms with Crippen LogP contribution in [0.15, 0.2) is 63.7 Å². The molecule has 1 aromatic carbocycles. The minimum absolute atomic E-state index is 0.0119. The third-order valence-corrected chi connectivity index (χ3v) is 24.8. The first-order valence-corrected chi connectivity index (χ1v) is 25.1. The summed E-state index contributed by atoms with van der Waals surface area (Å²) in [5.41, 5.74) is -0.256. The zero-order valence-corrected chi connectivity index (χ0v) is 35.1. The van der Waals surface area contributed by atoms with E-state index in [1.807, 2.05) is 39.7 Å². The van der Waals surface area contributed by atoms with E-state index in [1.54, 1.807) is 0 Å². The van der Waals surface area contributed by atoms with Crippen molar-refractivity contribution < 1.29 is 8.85 Å². The van der Waals surface area contributed by atoms with Crippen LogP contribution in [-0.2, 0) is 19.9 Å². The Hall–Kier alpha value is -2.21. The molecule has 2 bridgehead atoms. The summed E-state index contributed by atoms with van der Waals surface area (Å²) in [7, 11) is -4.50. The van der Waals surface area contributed by atoms with Crippen LogP contribution in [0.3, 0.4) is 0 Å². The largest absolute Gasteiger partial charge is 0.414 e. The summed E-state index contributed by atoms with van der Waals surface area (Å²) in [4.78, 5) is 30.5. The van der Waals surface area contributed by atoms with Crippen LogP contribution in [0.25, 0.3) is 5.69 Å². The number of fused-ring (bicyclic) bond motifs is 1. The monoisotopic (exact) mass is 717 g/mol. The predicted octanol–water partition coefficient (Wildman–Crippen LogP) is 9.13. The smallest absolute Gasteiger partial charge is 0.352 e. The first-order valence-electron chi connectivity index (χ1n) is 19.3. The minimum Gasteiger partial charge on any atom is -0.414 e. The van der Waals surface area contributed by atoms with E-state index in [2.05, 4.69) is 107 Å². The van der Waals surface area contributed by atoms with Gasteiger partial charge in [-0.1, -0.05) is 97.4 Å². The molecule has 8 atom stereocenters. The zero-order valence-electron chi connectivity index (χ0n) is 33.1. The fraction of sp³-hybridized carbons (Fsp3) is 0.707. The standard InChI is InChI=1S/C41H63N3O4Si2/c1-14-28-20-21-31-38(28,8)23-22-32-39(9)33(48-50(12,13)37(5,6)7)26-30(47-49(10,11)36(2,3)4)27-40(39)24-25-41(31,32)44-35(46)42(34(45)43(40)44)29-18-16-15-17-19-29/h14-19,24-25,30-33H,20-23,26-27H2,1-13H3/b28-14-/t30-,31?,32?,33-,38+,39-,40+,41-/m0/s1. The fourth-order valence-corrected chi connectivity index (χ4v) is 13.9. The van der Waals surface area contributed by atoms with Crippen molar-refractivity contribution in [2.24, 2.45) is 22.7 Å². The van der Waals surface area contributed by atoms with Gasteiger partial charge in [0.05, 0.1) is 29.0 Å². The van der Waals surface area contributed by atoms with E-state index in [4.69, 9.17) is 8.85 Å². The molecule has 2 aromatic rings. The van der Waals surface area contributed by atoms with E-state index in [1.165, 1.54) is 10.1 Å². The molecule has 1 aromatic heterocycles. The van der Waals surface area contributed by atoms with Gasteiger partial charge in [-0.2, -0.15) is 0 Å². The van der Waals surface area contributed by atoms with E-state index in [0.717, 1.165) is 32.1 Å². The Morgan fingerprint density at radius 1 is 0.820 bits per heavy atom. The summed E-state index contributed by atoms with van der Waals surface area (Å²) in [6, 6.07) is 9.55. The highest BCUT2D eigenvalue weighted by Gasteiger charge is 2.77. The quantitative estimate of drug-likeness (QED) is 0.229. The zero-order chi connectivity index (χ0) is 36.7. The summed E-state index contributed by atoms with van der Waals surface area (Å²) in [5, 5.41) is 0.0413. The number of aromatic nitrogens is 3. The highest BCUT2D eigenvalue weighted by atomic mass is 28.4. The maximum absolute atomic E-state index is 15.3. The maximum atomic E-state index is 15.3. The van der Waals surface area contributed by atoms with Gasteiger partial charge in [0.2, 0.25) is 0 Å². The molecule has 50 heavy (non-hydrogen) atoms. The van der Waals surface area contributed by atoms with Crippen molar-refractivity contribution in [3.05, 3.63) is 75.1 Å². The molecule has 3 heterocycles. The lowest BCUT2D eigenvalue weighted by Crippen LogP contribution is -2.79. The molecule has 2 spiro atoms. The molecule has 2 aliphatic heterocycles. The average molecular weight is 718 g/mol. The van der Waals surface area contributed by atoms with E-state index in [0.29, 0.717) is 12.1 Å². The second-order valence-electron chi connectivity index (χ2n) is 20.0. The van der Waals surface area contributed by atoms with Gasteiger partial charge >= 0.3 is 11.4 Å². The first-order chi connectivity index (χ1) is 23.0. The molecule has 3 saturated carbocycles. The SMILES string of the molecule is C/C=C1/CCC2[C@@]34C=C[C@]5(C[C@@H](O[Si](C)(C)C(C)(C)C)C[C@H](O[Si](C)(C)C(C)(C)C)[C@]5(C)C3CC[C@]12C)n1c(=O)n(-c2ccccc2)c(=O)n14. The number of para-hydroxylation sites is 1. The van der Waals surface area contributed by atoms with Crippen molar-refractivity contribution in [1.82, 2.24) is 13.9 Å². The van der Waals surface area contributed by atoms with Crippen LogP contribution in [0.4, 0.5) is 0 Å². The lowest BCUT2D eigenvalue weighted by atomic mass is 9.40. The normalized spacial score (nSPS) is 37.4. The summed E-state index contributed by atoms with van der Waals surface area (Å²) in [5.74, 6) is 0.317. The number of hydrogen-bond donors (Lipinski definition) is 0. The molecule has 0 saturated heterocycles. The maximum Gasteiger partial charge on any atom is 0.352 e. The Labute approximate surface area is 302 Å². The van der Waals surface area contributed by atoms with Crippen LogP contribution in [0.1, 0.15) is 101 Å². The predicted molar refractivity (Wildman–Crippen MR) is 208 cm³/mol. The molecule has 0 radical (unpaired) electrons. The van der Waals surface area contributed by atoms with Gasteiger partial charge in [-0.05, 0) is 105 Å². The molecule has 9 heteroatoms. The summed E-state index contributed by atoms with van der Waals surface area (Å²) < 4.78 is 20.5. The molecule has 0 N–H and O–H groups in total. The lowest BCUT2D eigenvalue weighted by molar-refractivity contribution is -0.228. The molecule has 2 unspecified atom stereocenters. The third-order valence-electron chi connectivity index (χ3n) is 15.8. The van der Waals surface area contributed by atoms with Crippen LogP contribution >= 0.6 is 0 Å². The second-order valence-corrected chi connectivity index (χ2v) is 29.5. The molecule has 7 nitrogen and oxygen atoms in total. The second kappa shape index (κ2) is 10.9. The van der Waals surface area contributed by atoms with Gasteiger partial charge in [-0.3, -0.25) is 0 Å². The first kappa shape index (κ1) is 36.2. The van der Waals surface area contributed by atoms with E-state index < -0.39 is 33.1 Å². The van der Waals surface area contributed by atoms with Crippen molar-refractivity contribution >= 4 is 16.6 Å². The summed E-state index contributed by atoms with van der Waals surface area (Å²) in [6.07, 6.45) is 12.5. The third kappa shape index (κ3) is 4.44. The molecule has 0 amide bonds. The Bertz CT molecular complexity index is 1870. The van der Waals surface area contributed by atoms with Crippen LogP contribution in [0.5, 0.6) is 0 Å². The van der Waals surface area contributed by atoms with Crippen molar-refractivity contribution in [2.75, 3.05) is 0 Å². The Morgan fingerprint density at radius 3 is 2.02 bits per heavy atom. The van der Waals surface area contributed by atoms with Gasteiger partial charge < -0.3 is 8.85 Å². The summed E-state index contributed by atoms with van der Waals surface area (Å²) >= 11 is 0. The van der Waals surface area contributed by atoms with Crippen LogP contribution in [0.2, 0.25) is 36.3 Å². The number of allylic oxidation sites excluding steroid dienone is 4. The Balaban J connectivity index is 1.55. The van der Waals surface area contributed by atoms with Crippen LogP contribution < -0.4 is 11.4 Å². The van der Waals surface area contributed by atoms with E-state index >= 15 is 9.59 Å². The van der Waals surface area contributed by atoms with Gasteiger partial charge in [0.1, 0.15) is 0 Å². The van der Waals surface area contributed by atoms with Crippen molar-refractivity contribution in [2.45, 2.75) is 160 Å². The molecule has 4 aliphatic carbocycles.